The van der Waals surface area contributed by atoms with Crippen LogP contribution in [0.4, 0.5) is 0 Å². The molecule has 1 aliphatic rings. The molecule has 7 heteroatoms. The highest BCUT2D eigenvalue weighted by molar-refractivity contribution is 7.89. The van der Waals surface area contributed by atoms with Gasteiger partial charge in [-0.3, -0.25) is 0 Å². The summed E-state index contributed by atoms with van der Waals surface area (Å²) in [6.07, 6.45) is 2.34. The molecule has 0 radical (unpaired) electrons. The Hall–Kier alpha value is -0.500. The number of nitrogens with one attached hydrogen (secondary N) is 2. The molecule has 2 rings (SSSR count). The largest absolute Gasteiger partial charge is 0.313 e. The van der Waals surface area contributed by atoms with Crippen LogP contribution in [0.25, 0.3) is 0 Å². The highest BCUT2D eigenvalue weighted by Gasteiger charge is 2.23. The lowest BCUT2D eigenvalue weighted by molar-refractivity contribution is 0.563. The van der Waals surface area contributed by atoms with Crippen molar-refractivity contribution in [3.8, 4) is 0 Å². The van der Waals surface area contributed by atoms with E-state index in [4.69, 9.17) is 0 Å². The van der Waals surface area contributed by atoms with Gasteiger partial charge < -0.3 is 5.32 Å². The van der Waals surface area contributed by atoms with Crippen molar-refractivity contribution in [3.63, 3.8) is 0 Å². The number of hydrogen-bond acceptors (Lipinski definition) is 5. The van der Waals surface area contributed by atoms with E-state index in [0.29, 0.717) is 12.6 Å². The summed E-state index contributed by atoms with van der Waals surface area (Å²) in [6.45, 7) is 6.24. The lowest BCUT2D eigenvalue weighted by Gasteiger charge is -2.13. The normalized spacial score (nSPS) is 17.6. The molecule has 1 fully saturated rings. The first-order chi connectivity index (χ1) is 8.87. The molecule has 1 aliphatic carbocycles. The molecule has 5 nitrogen and oxygen atoms in total. The van der Waals surface area contributed by atoms with Gasteiger partial charge in [-0.05, 0) is 33.6 Å². The van der Waals surface area contributed by atoms with Gasteiger partial charge >= 0.3 is 0 Å². The molecule has 0 bridgehead atoms. The van der Waals surface area contributed by atoms with E-state index < -0.39 is 10.0 Å². The Balaban J connectivity index is 1.88. The van der Waals surface area contributed by atoms with Gasteiger partial charge in [0.2, 0.25) is 10.0 Å². The van der Waals surface area contributed by atoms with Crippen LogP contribution in [0, 0.1) is 13.8 Å². The quantitative estimate of drug-likeness (QED) is 0.800. The Labute approximate surface area is 118 Å². The Kier molecular flexibility index (Phi) is 4.60. The summed E-state index contributed by atoms with van der Waals surface area (Å²) in [6, 6.07) is 0.330. The fraction of sp³-hybridized carbons (Fsp3) is 0.750. The van der Waals surface area contributed by atoms with Gasteiger partial charge in [-0.15, -0.1) is 11.3 Å². The maximum atomic E-state index is 12.0. The smallest absolute Gasteiger partial charge is 0.213 e. The van der Waals surface area contributed by atoms with E-state index in [1.807, 2.05) is 20.8 Å². The number of nitrogens with zero attached hydrogens (tertiary/aromatic N) is 1. The van der Waals surface area contributed by atoms with Gasteiger partial charge in [-0.1, -0.05) is 0 Å². The second kappa shape index (κ2) is 5.87. The number of hydrogen-bond donors (Lipinski definition) is 2. The SMILES string of the molecule is Cc1nc(C)c(C(C)NS(=O)(=O)CCNC2CC2)s1. The predicted molar refractivity (Wildman–Crippen MR) is 78.0 cm³/mol. The van der Waals surface area contributed by atoms with Crippen molar-refractivity contribution in [3.05, 3.63) is 15.6 Å². The molecule has 1 heterocycles. The summed E-state index contributed by atoms with van der Waals surface area (Å²) in [5, 5.41) is 4.18. The third-order valence-electron chi connectivity index (χ3n) is 3.07. The molecular weight excluding hydrogens is 282 g/mol. The predicted octanol–water partition coefficient (Wildman–Crippen LogP) is 1.49. The van der Waals surface area contributed by atoms with Gasteiger partial charge in [0.05, 0.1) is 22.5 Å². The Morgan fingerprint density at radius 2 is 2.11 bits per heavy atom. The third-order valence-corrected chi connectivity index (χ3v) is 5.78. The van der Waals surface area contributed by atoms with Crippen molar-refractivity contribution in [2.45, 2.75) is 45.7 Å². The molecule has 2 N–H and O–H groups in total. The van der Waals surface area contributed by atoms with Crippen molar-refractivity contribution in [1.82, 2.24) is 15.0 Å². The van der Waals surface area contributed by atoms with Crippen LogP contribution in [0.3, 0.4) is 0 Å². The Morgan fingerprint density at radius 3 is 2.63 bits per heavy atom. The molecule has 0 amide bonds. The van der Waals surface area contributed by atoms with Gasteiger partial charge in [0, 0.05) is 17.5 Å². The van der Waals surface area contributed by atoms with E-state index in [1.165, 1.54) is 12.8 Å². The van der Waals surface area contributed by atoms with Crippen LogP contribution in [0.5, 0.6) is 0 Å². The molecule has 1 unspecified atom stereocenters. The van der Waals surface area contributed by atoms with E-state index in [2.05, 4.69) is 15.0 Å². The first kappa shape index (κ1) is 14.9. The standard InChI is InChI=1S/C12H21N3O2S2/c1-8-12(18-10(3)14-8)9(2)15-19(16,17)7-6-13-11-4-5-11/h9,11,13,15H,4-7H2,1-3H3. The number of aryl methyl sites for hydroxylation is 2. The van der Waals surface area contributed by atoms with Crippen LogP contribution in [0.15, 0.2) is 0 Å². The number of sulfonamides is 1. The zero-order valence-corrected chi connectivity index (χ0v) is 13.2. The van der Waals surface area contributed by atoms with Crippen LogP contribution in [-0.2, 0) is 10.0 Å². The molecular formula is C12H21N3O2S2. The van der Waals surface area contributed by atoms with Gasteiger partial charge in [-0.25, -0.2) is 18.1 Å². The van der Waals surface area contributed by atoms with Crippen LogP contribution in [0.1, 0.15) is 41.4 Å². The zero-order chi connectivity index (χ0) is 14.0. The van der Waals surface area contributed by atoms with E-state index in [0.717, 1.165) is 15.6 Å². The maximum absolute atomic E-state index is 12.0. The van der Waals surface area contributed by atoms with E-state index >= 15 is 0 Å². The molecule has 0 aromatic carbocycles. The molecule has 0 spiro atoms. The second-order valence-electron chi connectivity index (χ2n) is 5.07. The van der Waals surface area contributed by atoms with Crippen molar-refractivity contribution in [2.75, 3.05) is 12.3 Å². The van der Waals surface area contributed by atoms with Crippen molar-refractivity contribution in [2.24, 2.45) is 0 Å². The topological polar surface area (TPSA) is 71.1 Å². The zero-order valence-electron chi connectivity index (χ0n) is 11.6. The molecule has 1 aromatic heterocycles. The van der Waals surface area contributed by atoms with E-state index in [-0.39, 0.29) is 11.8 Å². The fourth-order valence-electron chi connectivity index (χ4n) is 2.02. The molecule has 108 valence electrons. The van der Waals surface area contributed by atoms with Crippen molar-refractivity contribution in [1.29, 1.82) is 0 Å². The summed E-state index contributed by atoms with van der Waals surface area (Å²) in [7, 11) is -3.24. The maximum Gasteiger partial charge on any atom is 0.213 e. The third kappa shape index (κ3) is 4.52. The van der Waals surface area contributed by atoms with Gasteiger partial charge in [0.15, 0.2) is 0 Å². The highest BCUT2D eigenvalue weighted by atomic mass is 32.2. The summed E-state index contributed by atoms with van der Waals surface area (Å²) in [5.74, 6) is 0.130. The minimum absolute atomic E-state index is 0.130. The van der Waals surface area contributed by atoms with Crippen molar-refractivity contribution >= 4 is 21.4 Å². The summed E-state index contributed by atoms with van der Waals surface area (Å²) >= 11 is 1.55. The average Bonchev–Trinajstić information content (AvgIpc) is 3.02. The molecule has 0 saturated heterocycles. The summed E-state index contributed by atoms with van der Waals surface area (Å²) in [4.78, 5) is 5.32. The van der Waals surface area contributed by atoms with Crippen LogP contribution >= 0.6 is 11.3 Å². The minimum Gasteiger partial charge on any atom is -0.313 e. The first-order valence-electron chi connectivity index (χ1n) is 6.55. The Morgan fingerprint density at radius 1 is 1.42 bits per heavy atom. The Bertz CT molecular complexity index is 535. The summed E-state index contributed by atoms with van der Waals surface area (Å²) < 4.78 is 26.7. The van der Waals surface area contributed by atoms with E-state index in [1.54, 1.807) is 11.3 Å². The number of aromatic nitrogens is 1. The van der Waals surface area contributed by atoms with Gasteiger partial charge in [0.1, 0.15) is 0 Å². The van der Waals surface area contributed by atoms with E-state index in [9.17, 15) is 8.42 Å². The monoisotopic (exact) mass is 303 g/mol. The number of thiazole rings is 1. The summed E-state index contributed by atoms with van der Waals surface area (Å²) in [5.41, 5.74) is 0.911. The molecule has 1 aromatic rings. The lowest BCUT2D eigenvalue weighted by atomic mass is 10.2. The van der Waals surface area contributed by atoms with Gasteiger partial charge in [0.25, 0.3) is 0 Å². The second-order valence-corrected chi connectivity index (χ2v) is 8.18. The molecule has 1 atom stereocenters. The van der Waals surface area contributed by atoms with Crippen LogP contribution in [-0.4, -0.2) is 31.7 Å². The highest BCUT2D eigenvalue weighted by Crippen LogP contribution is 2.24. The molecule has 0 aliphatic heterocycles. The van der Waals surface area contributed by atoms with Crippen molar-refractivity contribution < 1.29 is 8.42 Å². The fourth-order valence-corrected chi connectivity index (χ4v) is 4.18. The lowest BCUT2D eigenvalue weighted by Crippen LogP contribution is -2.34. The number of rotatable bonds is 7. The molecule has 19 heavy (non-hydrogen) atoms. The van der Waals surface area contributed by atoms with Crippen LogP contribution in [0.2, 0.25) is 0 Å². The average molecular weight is 303 g/mol. The first-order valence-corrected chi connectivity index (χ1v) is 9.01. The molecule has 1 saturated carbocycles. The minimum atomic E-state index is -3.24. The van der Waals surface area contributed by atoms with Gasteiger partial charge in [-0.2, -0.15) is 0 Å². The van der Waals surface area contributed by atoms with Crippen LogP contribution < -0.4 is 10.0 Å².